The number of hydrogen-bond donors (Lipinski definition) is 3. The highest BCUT2D eigenvalue weighted by Gasteiger charge is 2.58. The van der Waals surface area contributed by atoms with Crippen molar-refractivity contribution >= 4 is 11.8 Å². The molecule has 2 atom stereocenters. The number of amides is 2. The molecule has 5 rings (SSSR count). The molecule has 0 bridgehead atoms. The molecule has 1 saturated carbocycles. The maximum atomic E-state index is 16.1. The van der Waals surface area contributed by atoms with Gasteiger partial charge in [-0.2, -0.15) is 0 Å². The minimum absolute atomic E-state index is 0.0730. The molecule has 0 spiro atoms. The van der Waals surface area contributed by atoms with Crippen molar-refractivity contribution in [2.24, 2.45) is 23.0 Å². The molecule has 0 saturated heterocycles. The van der Waals surface area contributed by atoms with Crippen molar-refractivity contribution in [1.29, 1.82) is 0 Å². The quantitative estimate of drug-likeness (QED) is 0.0878. The van der Waals surface area contributed by atoms with E-state index in [1.165, 1.54) is 0 Å². The van der Waals surface area contributed by atoms with Crippen molar-refractivity contribution in [3.8, 4) is 23.0 Å². The Morgan fingerprint density at radius 3 is 1.05 bits per heavy atom. The minimum atomic E-state index is -1.90. The summed E-state index contributed by atoms with van der Waals surface area (Å²) < 4.78 is 22.1. The lowest BCUT2D eigenvalue weighted by atomic mass is 9.70. The highest BCUT2D eigenvalue weighted by Crippen LogP contribution is 2.50. The number of methoxy groups -OCH3 is 4. The van der Waals surface area contributed by atoms with Crippen LogP contribution in [0.4, 0.5) is 0 Å². The van der Waals surface area contributed by atoms with Gasteiger partial charge in [0.1, 0.15) is 39.6 Å². The number of rotatable bonds is 18. The van der Waals surface area contributed by atoms with E-state index < -0.39 is 40.5 Å². The van der Waals surface area contributed by atoms with Gasteiger partial charge in [-0.1, -0.05) is 89.1 Å². The van der Waals surface area contributed by atoms with Crippen LogP contribution in [0.25, 0.3) is 0 Å². The second-order valence-electron chi connectivity index (χ2n) is 16.1. The molecule has 4 N–H and O–H groups in total. The predicted molar refractivity (Wildman–Crippen MR) is 221 cm³/mol. The smallest absolute Gasteiger partial charge is 0.239 e. The first-order valence-electron chi connectivity index (χ1n) is 19.8. The molecule has 2 amide bonds. The third kappa shape index (κ3) is 8.48. The van der Waals surface area contributed by atoms with Crippen LogP contribution in [-0.4, -0.2) is 67.5 Å². The van der Waals surface area contributed by atoms with Gasteiger partial charge in [0.25, 0.3) is 0 Å². The van der Waals surface area contributed by atoms with E-state index in [2.05, 4.69) is 0 Å². The third-order valence-corrected chi connectivity index (χ3v) is 11.7. The molecule has 0 radical (unpaired) electrons. The Kier molecular flexibility index (Phi) is 13.6. The van der Waals surface area contributed by atoms with Gasteiger partial charge in [0.05, 0.1) is 40.5 Å². The number of ether oxygens (including phenoxy) is 4. The maximum Gasteiger partial charge on any atom is 0.239 e. The van der Waals surface area contributed by atoms with Crippen LogP contribution < -0.4 is 24.7 Å². The molecule has 4 aromatic carbocycles. The Morgan fingerprint density at radius 2 is 0.842 bits per heavy atom. The van der Waals surface area contributed by atoms with Crippen molar-refractivity contribution < 1.29 is 38.7 Å². The average molecular weight is 781 g/mol. The molecular formula is C47H60N2O8. The first-order chi connectivity index (χ1) is 27.2. The number of primary amides is 1. The van der Waals surface area contributed by atoms with Crippen LogP contribution in [0.2, 0.25) is 0 Å². The normalized spacial score (nSPS) is 15.2. The molecule has 0 heterocycles. The summed E-state index contributed by atoms with van der Waals surface area (Å²) in [5, 5.41) is 27.8. The van der Waals surface area contributed by atoms with E-state index in [-0.39, 0.29) is 37.5 Å². The van der Waals surface area contributed by atoms with Gasteiger partial charge in [0.15, 0.2) is 0 Å². The predicted octanol–water partition coefficient (Wildman–Crippen LogP) is 7.60. The van der Waals surface area contributed by atoms with Crippen molar-refractivity contribution in [2.45, 2.75) is 89.5 Å². The van der Waals surface area contributed by atoms with Gasteiger partial charge in [-0.25, -0.2) is 0 Å². The number of carbonyl (C=O) groups excluding carboxylic acids is 2. The molecule has 4 aromatic rings. The minimum Gasteiger partial charge on any atom is -0.497 e. The van der Waals surface area contributed by atoms with Crippen molar-refractivity contribution in [1.82, 2.24) is 4.90 Å². The van der Waals surface area contributed by atoms with E-state index in [1.807, 2.05) is 27.7 Å². The molecular weight excluding hydrogens is 721 g/mol. The van der Waals surface area contributed by atoms with Gasteiger partial charge >= 0.3 is 0 Å². The van der Waals surface area contributed by atoms with Gasteiger partial charge < -0.3 is 39.8 Å². The molecule has 1 aliphatic rings. The molecule has 1 aliphatic carbocycles. The molecule has 10 heteroatoms. The lowest BCUT2D eigenvalue weighted by Gasteiger charge is -2.53. The van der Waals surface area contributed by atoms with E-state index in [0.717, 1.165) is 0 Å². The zero-order valence-electron chi connectivity index (χ0n) is 34.7. The van der Waals surface area contributed by atoms with E-state index in [0.29, 0.717) is 58.1 Å². The second-order valence-corrected chi connectivity index (χ2v) is 16.1. The van der Waals surface area contributed by atoms with E-state index in [1.54, 1.807) is 130 Å². The van der Waals surface area contributed by atoms with Gasteiger partial charge in [-0.3, -0.25) is 9.59 Å². The van der Waals surface area contributed by atoms with E-state index in [4.69, 9.17) is 24.7 Å². The Balaban J connectivity index is 1.94. The Morgan fingerprint density at radius 1 is 0.579 bits per heavy atom. The van der Waals surface area contributed by atoms with Gasteiger partial charge in [0, 0.05) is 0 Å². The highest BCUT2D eigenvalue weighted by atomic mass is 16.5. The summed E-state index contributed by atoms with van der Waals surface area (Å²) in [6, 6.07) is 26.5. The fraction of sp³-hybridized carbons (Fsp3) is 0.447. The first kappa shape index (κ1) is 43.1. The number of hydrogen-bond acceptors (Lipinski definition) is 8. The number of nitrogens with zero attached hydrogens (tertiary/aromatic N) is 1. The standard InChI is InChI=1S/C47H60N2O8/c1-31(2)29-41(46(52,33-11-19-37(54-5)20-12-33)34-13-21-38(55-6)22-14-34)49(44(51)45(43(48)50)27-9-10-28-45)42(30-32(3)4)47(53,35-15-23-39(56-7)24-16-35)36-17-25-40(57-8)26-18-36/h11-26,31-32,41-42,52-53H,9-10,27-30H2,1-8H3,(H2,48,50). The van der Waals surface area contributed by atoms with Crippen LogP contribution in [0.15, 0.2) is 97.1 Å². The fourth-order valence-corrected chi connectivity index (χ4v) is 8.64. The Labute approximate surface area is 337 Å². The van der Waals surface area contributed by atoms with Gasteiger partial charge in [0.2, 0.25) is 11.8 Å². The van der Waals surface area contributed by atoms with Crippen molar-refractivity contribution in [3.05, 3.63) is 119 Å². The molecule has 2 unspecified atom stereocenters. The Hall–Kier alpha value is -5.06. The Bertz CT molecular complexity index is 1700. The van der Waals surface area contributed by atoms with Gasteiger partial charge in [-0.15, -0.1) is 0 Å². The van der Waals surface area contributed by atoms with Crippen LogP contribution in [0.3, 0.4) is 0 Å². The van der Waals surface area contributed by atoms with Crippen LogP contribution >= 0.6 is 0 Å². The summed E-state index contributed by atoms with van der Waals surface area (Å²) in [6.07, 6.45) is 2.35. The lowest BCUT2D eigenvalue weighted by molar-refractivity contribution is -0.169. The zero-order valence-corrected chi connectivity index (χ0v) is 34.7. The van der Waals surface area contributed by atoms with Crippen LogP contribution in [0, 0.1) is 17.3 Å². The topological polar surface area (TPSA) is 141 Å². The number of benzene rings is 4. The van der Waals surface area contributed by atoms with Gasteiger partial charge in [-0.05, 0) is 108 Å². The monoisotopic (exact) mass is 780 g/mol. The number of carbonyl (C=O) groups is 2. The molecule has 0 aromatic heterocycles. The maximum absolute atomic E-state index is 16.1. The number of aliphatic hydroxyl groups is 2. The summed E-state index contributed by atoms with van der Waals surface area (Å²) in [5.74, 6) is 0.999. The SMILES string of the molecule is COc1ccc(C(O)(c2ccc(OC)cc2)C(CC(C)C)N(C(=O)C2(C(N)=O)CCCC2)C(CC(C)C)C(O)(c2ccc(OC)cc2)c2ccc(OC)cc2)cc1. The third-order valence-electron chi connectivity index (χ3n) is 11.7. The summed E-state index contributed by atoms with van der Waals surface area (Å²) in [4.78, 5) is 31.6. The zero-order chi connectivity index (χ0) is 41.5. The summed E-state index contributed by atoms with van der Waals surface area (Å²) >= 11 is 0. The lowest BCUT2D eigenvalue weighted by Crippen LogP contribution is -2.66. The molecule has 306 valence electrons. The van der Waals surface area contributed by atoms with E-state index in [9.17, 15) is 15.0 Å². The molecule has 1 fully saturated rings. The fourth-order valence-electron chi connectivity index (χ4n) is 8.64. The second kappa shape index (κ2) is 18.0. The molecule has 10 nitrogen and oxygen atoms in total. The van der Waals surface area contributed by atoms with Crippen molar-refractivity contribution in [2.75, 3.05) is 28.4 Å². The largest absolute Gasteiger partial charge is 0.497 e. The van der Waals surface area contributed by atoms with Crippen LogP contribution in [0.1, 0.15) is 88.5 Å². The van der Waals surface area contributed by atoms with Crippen LogP contribution in [0.5, 0.6) is 23.0 Å². The summed E-state index contributed by atoms with van der Waals surface area (Å²) in [5.41, 5.74) is 2.93. The van der Waals surface area contributed by atoms with Crippen LogP contribution in [-0.2, 0) is 20.8 Å². The average Bonchev–Trinajstić information content (AvgIpc) is 3.74. The first-order valence-corrected chi connectivity index (χ1v) is 19.8. The molecule has 57 heavy (non-hydrogen) atoms. The molecule has 0 aliphatic heterocycles. The van der Waals surface area contributed by atoms with Crippen molar-refractivity contribution in [3.63, 3.8) is 0 Å². The summed E-state index contributed by atoms with van der Waals surface area (Å²) in [7, 11) is 6.31. The summed E-state index contributed by atoms with van der Waals surface area (Å²) in [6.45, 7) is 8.14. The number of nitrogens with two attached hydrogens (primary N) is 1. The highest BCUT2D eigenvalue weighted by molar-refractivity contribution is 6.05. The van der Waals surface area contributed by atoms with E-state index >= 15 is 4.79 Å².